The van der Waals surface area contributed by atoms with E-state index in [4.69, 9.17) is 14.2 Å². The quantitative estimate of drug-likeness (QED) is 0.452. The van der Waals surface area contributed by atoms with E-state index in [1.54, 1.807) is 21.6 Å². The number of hydrogen-bond donors (Lipinski definition) is 0. The van der Waals surface area contributed by atoms with Crippen molar-refractivity contribution < 1.29 is 33.4 Å². The molecule has 228 valence electrons. The molecular weight excluding hydrogens is 538 g/mol. The predicted molar refractivity (Wildman–Crippen MR) is 154 cm³/mol. The van der Waals surface area contributed by atoms with Crippen molar-refractivity contribution in [1.82, 2.24) is 14.7 Å². The molecular formula is C32H43N3O7. The smallest absolute Gasteiger partial charge is 0.409 e. The molecule has 2 saturated heterocycles. The summed E-state index contributed by atoms with van der Waals surface area (Å²) in [6, 6.07) is 9.70. The number of hydrogen-bond acceptors (Lipinski definition) is 7. The summed E-state index contributed by atoms with van der Waals surface area (Å²) in [7, 11) is 1.37. The second kappa shape index (κ2) is 12.9. The van der Waals surface area contributed by atoms with E-state index in [1.807, 2.05) is 43.3 Å². The van der Waals surface area contributed by atoms with Gasteiger partial charge >= 0.3 is 12.1 Å². The van der Waals surface area contributed by atoms with Gasteiger partial charge in [0.1, 0.15) is 5.41 Å². The molecule has 0 bridgehead atoms. The van der Waals surface area contributed by atoms with Gasteiger partial charge in [-0.1, -0.05) is 43.2 Å². The average molecular weight is 582 g/mol. The molecule has 4 aliphatic rings. The largest absolute Gasteiger partial charge is 0.468 e. The van der Waals surface area contributed by atoms with Gasteiger partial charge in [-0.2, -0.15) is 0 Å². The fourth-order valence-electron chi connectivity index (χ4n) is 7.17. The van der Waals surface area contributed by atoms with Crippen molar-refractivity contribution in [2.45, 2.75) is 71.1 Å². The van der Waals surface area contributed by atoms with Crippen LogP contribution in [0.5, 0.6) is 0 Å². The standard InChI is InChI=1S/C32H43N3O7/c1-4-41-31(39)34-16-14-33(15-17-34)28(36)18-25-20-32(30(38)40-3)22(2)42-26(24-12-8-9-13-24)19-27(32)35(29(25)37)21-23-10-6-5-7-11-23/h5-7,10-11,19,22,24-26H,4,8-9,12-18,20-21H2,1-3H3/t22-,25+,26-,32+/m1/s1. The van der Waals surface area contributed by atoms with Crippen LogP contribution in [0.4, 0.5) is 4.79 Å². The highest BCUT2D eigenvalue weighted by atomic mass is 16.6. The summed E-state index contributed by atoms with van der Waals surface area (Å²) in [6.07, 6.45) is 5.41. The van der Waals surface area contributed by atoms with Crippen molar-refractivity contribution in [2.75, 3.05) is 39.9 Å². The zero-order valence-corrected chi connectivity index (χ0v) is 25.0. The van der Waals surface area contributed by atoms with Crippen LogP contribution in [0.15, 0.2) is 42.1 Å². The number of nitrogens with zero attached hydrogens (tertiary/aromatic N) is 3. The van der Waals surface area contributed by atoms with Crippen molar-refractivity contribution in [3.8, 4) is 0 Å². The van der Waals surface area contributed by atoms with Gasteiger partial charge in [0, 0.05) is 44.2 Å². The second-order valence-electron chi connectivity index (χ2n) is 11.9. The SMILES string of the molecule is CCOC(=O)N1CCN(C(=O)C[C@H]2C[C@@]3(C(=O)OC)C(=C[C@H](C4CCCC4)O[C@@H]3C)N(Cc3ccccc3)C2=O)CC1. The van der Waals surface area contributed by atoms with Gasteiger partial charge in [-0.05, 0) is 50.7 Å². The minimum atomic E-state index is -1.21. The maximum absolute atomic E-state index is 14.3. The summed E-state index contributed by atoms with van der Waals surface area (Å²) < 4.78 is 17.1. The molecule has 1 saturated carbocycles. The van der Waals surface area contributed by atoms with Crippen LogP contribution in [0.2, 0.25) is 0 Å². The first kappa shape index (κ1) is 30.1. The number of piperazine rings is 1. The first-order chi connectivity index (χ1) is 20.3. The van der Waals surface area contributed by atoms with Crippen LogP contribution in [0.1, 0.15) is 57.9 Å². The number of piperidine rings is 1. The molecule has 42 heavy (non-hydrogen) atoms. The van der Waals surface area contributed by atoms with Gasteiger partial charge < -0.3 is 28.9 Å². The fraction of sp³-hybridized carbons (Fsp3) is 0.625. The molecule has 3 aliphatic heterocycles. The number of benzene rings is 1. The molecule has 10 heteroatoms. The number of rotatable bonds is 7. The monoisotopic (exact) mass is 581 g/mol. The van der Waals surface area contributed by atoms with Crippen LogP contribution in [0, 0.1) is 17.3 Å². The van der Waals surface area contributed by atoms with Gasteiger partial charge in [0.15, 0.2) is 0 Å². The Morgan fingerprint density at radius 1 is 1.02 bits per heavy atom. The van der Waals surface area contributed by atoms with Gasteiger partial charge in [-0.3, -0.25) is 14.4 Å². The maximum Gasteiger partial charge on any atom is 0.409 e. The summed E-state index contributed by atoms with van der Waals surface area (Å²) in [6.45, 7) is 5.71. The van der Waals surface area contributed by atoms with Gasteiger partial charge in [-0.15, -0.1) is 0 Å². The fourth-order valence-corrected chi connectivity index (χ4v) is 7.17. The van der Waals surface area contributed by atoms with Crippen LogP contribution in [0.25, 0.3) is 0 Å². The van der Waals surface area contributed by atoms with Crippen molar-refractivity contribution >= 4 is 23.9 Å². The van der Waals surface area contributed by atoms with Crippen molar-refractivity contribution in [2.24, 2.45) is 17.3 Å². The van der Waals surface area contributed by atoms with Crippen molar-refractivity contribution in [1.29, 1.82) is 0 Å². The Labute approximate surface area is 247 Å². The second-order valence-corrected chi connectivity index (χ2v) is 11.9. The van der Waals surface area contributed by atoms with Crippen LogP contribution in [-0.4, -0.2) is 90.7 Å². The molecule has 0 radical (unpaired) electrons. The van der Waals surface area contributed by atoms with Gasteiger partial charge in [0.2, 0.25) is 11.8 Å². The lowest BCUT2D eigenvalue weighted by molar-refractivity contribution is -0.178. The molecule has 3 amide bonds. The van der Waals surface area contributed by atoms with E-state index in [2.05, 4.69) is 0 Å². The van der Waals surface area contributed by atoms with E-state index in [0.717, 1.165) is 31.2 Å². The predicted octanol–water partition coefficient (Wildman–Crippen LogP) is 3.75. The molecule has 5 rings (SSSR count). The first-order valence-corrected chi connectivity index (χ1v) is 15.3. The zero-order valence-electron chi connectivity index (χ0n) is 25.0. The third kappa shape index (κ3) is 5.78. The highest BCUT2D eigenvalue weighted by Gasteiger charge is 2.60. The number of carbonyl (C=O) groups is 4. The van der Waals surface area contributed by atoms with Crippen LogP contribution in [-0.2, 0) is 35.1 Å². The average Bonchev–Trinajstić information content (AvgIpc) is 3.55. The summed E-state index contributed by atoms with van der Waals surface area (Å²) in [5, 5.41) is 0. The molecule has 1 aromatic rings. The third-order valence-corrected chi connectivity index (χ3v) is 9.49. The molecule has 4 atom stereocenters. The number of esters is 1. The van der Waals surface area contributed by atoms with Crippen LogP contribution < -0.4 is 0 Å². The number of methoxy groups -OCH3 is 1. The van der Waals surface area contributed by atoms with E-state index >= 15 is 0 Å². The maximum atomic E-state index is 14.3. The van der Waals surface area contributed by atoms with Gasteiger partial charge in [-0.25, -0.2) is 4.79 Å². The highest BCUT2D eigenvalue weighted by molar-refractivity contribution is 5.92. The van der Waals surface area contributed by atoms with Crippen molar-refractivity contribution in [3.63, 3.8) is 0 Å². The lowest BCUT2D eigenvalue weighted by atomic mass is 9.66. The molecule has 0 aromatic heterocycles. The highest BCUT2D eigenvalue weighted by Crippen LogP contribution is 2.52. The first-order valence-electron chi connectivity index (χ1n) is 15.3. The number of amides is 3. The lowest BCUT2D eigenvalue weighted by Gasteiger charge is -2.52. The molecule has 0 spiro atoms. The van der Waals surface area contributed by atoms with Crippen LogP contribution in [0.3, 0.4) is 0 Å². The van der Waals surface area contributed by atoms with E-state index in [0.29, 0.717) is 44.4 Å². The Balaban J connectivity index is 1.43. The Morgan fingerprint density at radius 2 is 1.69 bits per heavy atom. The number of carbonyl (C=O) groups excluding carboxylic acids is 4. The molecule has 10 nitrogen and oxygen atoms in total. The number of fused-ring (bicyclic) bond motifs is 1. The number of ether oxygens (including phenoxy) is 3. The summed E-state index contributed by atoms with van der Waals surface area (Å²) in [5.41, 5.74) is 0.370. The topological polar surface area (TPSA) is 106 Å². The summed E-state index contributed by atoms with van der Waals surface area (Å²) >= 11 is 0. The van der Waals surface area contributed by atoms with Gasteiger partial charge in [0.05, 0.1) is 32.5 Å². The van der Waals surface area contributed by atoms with E-state index in [-0.39, 0.29) is 43.4 Å². The molecule has 1 aromatic carbocycles. The van der Waals surface area contributed by atoms with Crippen molar-refractivity contribution in [3.05, 3.63) is 47.7 Å². The number of likely N-dealkylation sites (tertiary alicyclic amines) is 1. The van der Waals surface area contributed by atoms with E-state index < -0.39 is 23.4 Å². The summed E-state index contributed by atoms with van der Waals surface area (Å²) in [4.78, 5) is 58.6. The normalized spacial score (nSPS) is 28.3. The lowest BCUT2D eigenvalue weighted by Crippen LogP contribution is -2.60. The Bertz CT molecular complexity index is 1190. The molecule has 1 aliphatic carbocycles. The van der Waals surface area contributed by atoms with E-state index in [9.17, 15) is 19.2 Å². The summed E-state index contributed by atoms with van der Waals surface area (Å²) in [5.74, 6) is -1.16. The van der Waals surface area contributed by atoms with E-state index in [1.165, 1.54) is 7.11 Å². The minimum absolute atomic E-state index is 0.0334. The molecule has 0 N–H and O–H groups in total. The van der Waals surface area contributed by atoms with Gasteiger partial charge in [0.25, 0.3) is 0 Å². The van der Waals surface area contributed by atoms with Crippen LogP contribution >= 0.6 is 0 Å². The Hall–Kier alpha value is -3.40. The molecule has 3 fully saturated rings. The zero-order chi connectivity index (χ0) is 29.9. The Morgan fingerprint density at radius 3 is 2.33 bits per heavy atom. The third-order valence-electron chi connectivity index (χ3n) is 9.49. The Kier molecular flexibility index (Phi) is 9.20. The minimum Gasteiger partial charge on any atom is -0.468 e. The molecule has 3 heterocycles. The molecule has 0 unspecified atom stereocenters.